The number of aliphatic hydroxyl groups excluding tert-OH is 1. The minimum Gasteiger partial charge on any atom is -0.496 e. The standard InChI is InChI=1S/C17H18F2O2/c1-10-7-8-13(17(21-3)11(10)2)15(20)9-12-5-4-6-14(18)16(12)19/h4-8,15,20H,9H2,1-3H3. The Balaban J connectivity index is 2.35. The van der Waals surface area contributed by atoms with E-state index in [0.29, 0.717) is 11.3 Å². The lowest BCUT2D eigenvalue weighted by Crippen LogP contribution is -2.07. The fourth-order valence-electron chi connectivity index (χ4n) is 2.37. The number of hydrogen-bond donors (Lipinski definition) is 1. The Labute approximate surface area is 123 Å². The van der Waals surface area contributed by atoms with E-state index in [1.54, 1.807) is 6.07 Å². The van der Waals surface area contributed by atoms with Crippen molar-refractivity contribution >= 4 is 0 Å². The Morgan fingerprint density at radius 2 is 1.86 bits per heavy atom. The molecular weight excluding hydrogens is 274 g/mol. The van der Waals surface area contributed by atoms with Gasteiger partial charge in [0.15, 0.2) is 11.6 Å². The van der Waals surface area contributed by atoms with E-state index < -0.39 is 17.7 Å². The molecule has 0 amide bonds. The van der Waals surface area contributed by atoms with Gasteiger partial charge in [-0.1, -0.05) is 24.3 Å². The van der Waals surface area contributed by atoms with Crippen molar-refractivity contribution in [1.82, 2.24) is 0 Å². The fourth-order valence-corrected chi connectivity index (χ4v) is 2.37. The van der Waals surface area contributed by atoms with E-state index in [1.165, 1.54) is 19.2 Å². The minimum atomic E-state index is -0.962. The van der Waals surface area contributed by atoms with Crippen LogP contribution in [-0.4, -0.2) is 12.2 Å². The molecule has 0 aliphatic carbocycles. The normalized spacial score (nSPS) is 12.3. The van der Waals surface area contributed by atoms with Gasteiger partial charge >= 0.3 is 0 Å². The monoisotopic (exact) mass is 292 g/mol. The molecule has 112 valence electrons. The van der Waals surface area contributed by atoms with E-state index in [1.807, 2.05) is 19.9 Å². The highest BCUT2D eigenvalue weighted by molar-refractivity contribution is 5.46. The zero-order valence-corrected chi connectivity index (χ0v) is 12.3. The molecule has 0 fully saturated rings. The van der Waals surface area contributed by atoms with Crippen molar-refractivity contribution in [3.63, 3.8) is 0 Å². The maximum Gasteiger partial charge on any atom is 0.162 e. The van der Waals surface area contributed by atoms with Gasteiger partial charge in [0.05, 0.1) is 13.2 Å². The quantitative estimate of drug-likeness (QED) is 0.927. The number of aryl methyl sites for hydroxylation is 1. The van der Waals surface area contributed by atoms with Crippen molar-refractivity contribution in [2.75, 3.05) is 7.11 Å². The smallest absolute Gasteiger partial charge is 0.162 e. The lowest BCUT2D eigenvalue weighted by Gasteiger charge is -2.18. The van der Waals surface area contributed by atoms with Crippen LogP contribution >= 0.6 is 0 Å². The van der Waals surface area contributed by atoms with E-state index >= 15 is 0 Å². The van der Waals surface area contributed by atoms with Crippen molar-refractivity contribution in [2.45, 2.75) is 26.4 Å². The van der Waals surface area contributed by atoms with Gasteiger partial charge in [-0.3, -0.25) is 0 Å². The third-order valence-electron chi connectivity index (χ3n) is 3.72. The summed E-state index contributed by atoms with van der Waals surface area (Å²) in [6, 6.07) is 7.58. The Bertz CT molecular complexity index is 653. The first kappa shape index (κ1) is 15.4. The van der Waals surface area contributed by atoms with Gasteiger partial charge in [0.2, 0.25) is 0 Å². The van der Waals surface area contributed by atoms with Crippen LogP contribution in [0.4, 0.5) is 8.78 Å². The molecule has 0 aromatic heterocycles. The first-order chi connectivity index (χ1) is 9.95. The molecule has 2 aromatic carbocycles. The van der Waals surface area contributed by atoms with E-state index in [2.05, 4.69) is 0 Å². The summed E-state index contributed by atoms with van der Waals surface area (Å²) in [6.07, 6.45) is -0.974. The van der Waals surface area contributed by atoms with E-state index in [-0.39, 0.29) is 12.0 Å². The summed E-state index contributed by atoms with van der Waals surface area (Å²) in [7, 11) is 1.53. The summed E-state index contributed by atoms with van der Waals surface area (Å²) in [4.78, 5) is 0. The zero-order valence-electron chi connectivity index (χ0n) is 12.3. The third-order valence-corrected chi connectivity index (χ3v) is 3.72. The van der Waals surface area contributed by atoms with Crippen LogP contribution in [0.1, 0.15) is 28.4 Å². The van der Waals surface area contributed by atoms with Crippen molar-refractivity contribution in [3.8, 4) is 5.75 Å². The van der Waals surface area contributed by atoms with Crippen LogP contribution in [0.5, 0.6) is 5.75 Å². The molecule has 0 aliphatic rings. The second-order valence-electron chi connectivity index (χ2n) is 5.06. The fraction of sp³-hybridized carbons (Fsp3) is 0.294. The Morgan fingerprint density at radius 1 is 1.14 bits per heavy atom. The SMILES string of the molecule is COc1c(C(O)Cc2cccc(F)c2F)ccc(C)c1C. The lowest BCUT2D eigenvalue weighted by atomic mass is 9.96. The highest BCUT2D eigenvalue weighted by Gasteiger charge is 2.19. The highest BCUT2D eigenvalue weighted by Crippen LogP contribution is 2.32. The molecule has 0 aliphatic heterocycles. The summed E-state index contributed by atoms with van der Waals surface area (Å²) in [6.45, 7) is 3.84. The summed E-state index contributed by atoms with van der Waals surface area (Å²) < 4.78 is 32.2. The summed E-state index contributed by atoms with van der Waals surface area (Å²) in [5.41, 5.74) is 2.68. The molecule has 0 saturated carbocycles. The van der Waals surface area contributed by atoms with Gasteiger partial charge in [-0.2, -0.15) is 0 Å². The Morgan fingerprint density at radius 3 is 2.52 bits per heavy atom. The van der Waals surface area contributed by atoms with Crippen LogP contribution in [0.2, 0.25) is 0 Å². The lowest BCUT2D eigenvalue weighted by molar-refractivity contribution is 0.172. The molecule has 1 atom stereocenters. The predicted octanol–water partition coefficient (Wildman–Crippen LogP) is 3.87. The molecule has 0 radical (unpaired) electrons. The third kappa shape index (κ3) is 3.05. The van der Waals surface area contributed by atoms with Crippen molar-refractivity contribution in [3.05, 3.63) is 64.2 Å². The van der Waals surface area contributed by atoms with Crippen LogP contribution in [0.25, 0.3) is 0 Å². The van der Waals surface area contributed by atoms with Gasteiger partial charge in [0.25, 0.3) is 0 Å². The molecule has 2 rings (SSSR count). The molecule has 2 aromatic rings. The first-order valence-electron chi connectivity index (χ1n) is 6.70. The molecule has 0 heterocycles. The van der Waals surface area contributed by atoms with Crippen LogP contribution in [0, 0.1) is 25.5 Å². The molecule has 1 unspecified atom stereocenters. The van der Waals surface area contributed by atoms with E-state index in [4.69, 9.17) is 4.74 Å². The van der Waals surface area contributed by atoms with Crippen LogP contribution in [0.3, 0.4) is 0 Å². The van der Waals surface area contributed by atoms with Gasteiger partial charge < -0.3 is 9.84 Å². The summed E-state index contributed by atoms with van der Waals surface area (Å²) in [5.74, 6) is -1.24. The Kier molecular flexibility index (Phi) is 4.58. The van der Waals surface area contributed by atoms with Crippen molar-refractivity contribution in [2.24, 2.45) is 0 Å². The maximum atomic E-state index is 13.7. The number of halogens is 2. The van der Waals surface area contributed by atoms with E-state index in [9.17, 15) is 13.9 Å². The average Bonchev–Trinajstić information content (AvgIpc) is 2.46. The van der Waals surface area contributed by atoms with Crippen LogP contribution < -0.4 is 4.74 Å². The van der Waals surface area contributed by atoms with Crippen LogP contribution in [0.15, 0.2) is 30.3 Å². The second kappa shape index (κ2) is 6.22. The number of hydrogen-bond acceptors (Lipinski definition) is 2. The molecule has 0 saturated heterocycles. The molecule has 4 heteroatoms. The predicted molar refractivity (Wildman–Crippen MR) is 77.5 cm³/mol. The molecule has 21 heavy (non-hydrogen) atoms. The van der Waals surface area contributed by atoms with Crippen LogP contribution in [-0.2, 0) is 6.42 Å². The Hall–Kier alpha value is -1.94. The van der Waals surface area contributed by atoms with Gasteiger partial charge in [0.1, 0.15) is 5.75 Å². The molecule has 1 N–H and O–H groups in total. The molecular formula is C17H18F2O2. The highest BCUT2D eigenvalue weighted by atomic mass is 19.2. The number of ether oxygens (including phenoxy) is 1. The van der Waals surface area contributed by atoms with Gasteiger partial charge in [-0.05, 0) is 36.6 Å². The number of rotatable bonds is 4. The number of benzene rings is 2. The largest absolute Gasteiger partial charge is 0.496 e. The number of aliphatic hydroxyl groups is 1. The molecule has 2 nitrogen and oxygen atoms in total. The first-order valence-corrected chi connectivity index (χ1v) is 6.70. The van der Waals surface area contributed by atoms with Gasteiger partial charge in [0, 0.05) is 12.0 Å². The van der Waals surface area contributed by atoms with Crippen molar-refractivity contribution < 1.29 is 18.6 Å². The molecule has 0 spiro atoms. The maximum absolute atomic E-state index is 13.7. The number of methoxy groups -OCH3 is 1. The summed E-state index contributed by atoms with van der Waals surface area (Å²) >= 11 is 0. The van der Waals surface area contributed by atoms with Gasteiger partial charge in [-0.15, -0.1) is 0 Å². The minimum absolute atomic E-state index is 0.0115. The summed E-state index contributed by atoms with van der Waals surface area (Å²) in [5, 5.41) is 10.3. The average molecular weight is 292 g/mol. The van der Waals surface area contributed by atoms with Gasteiger partial charge in [-0.25, -0.2) is 8.78 Å². The zero-order chi connectivity index (χ0) is 15.6. The van der Waals surface area contributed by atoms with Crippen molar-refractivity contribution in [1.29, 1.82) is 0 Å². The van der Waals surface area contributed by atoms with E-state index in [0.717, 1.165) is 17.2 Å². The second-order valence-corrected chi connectivity index (χ2v) is 5.06. The topological polar surface area (TPSA) is 29.5 Å². The molecule has 0 bridgehead atoms.